The van der Waals surface area contributed by atoms with Gasteiger partial charge in [0, 0.05) is 21.1 Å². The molecule has 0 aliphatic carbocycles. The van der Waals surface area contributed by atoms with Gasteiger partial charge in [-0.1, -0.05) is 6.07 Å². The molecule has 2 N–H and O–H groups in total. The second-order valence-corrected chi connectivity index (χ2v) is 4.15. The van der Waals surface area contributed by atoms with Gasteiger partial charge in [-0.3, -0.25) is 0 Å². The maximum atomic E-state index is 13.6. The minimum atomic E-state index is -0.981. The highest BCUT2D eigenvalue weighted by atomic mass is 19.2. The molecule has 0 aliphatic heterocycles. The molecule has 20 heavy (non-hydrogen) atoms. The van der Waals surface area contributed by atoms with Crippen molar-refractivity contribution >= 4 is 23.5 Å². The molecule has 0 amide bonds. The van der Waals surface area contributed by atoms with Crippen LogP contribution in [0.15, 0.2) is 18.2 Å². The van der Waals surface area contributed by atoms with E-state index in [0.717, 1.165) is 6.07 Å². The third kappa shape index (κ3) is 2.90. The van der Waals surface area contributed by atoms with E-state index < -0.39 is 11.6 Å². The molecule has 106 valence electrons. The van der Waals surface area contributed by atoms with Crippen molar-refractivity contribution in [3.05, 3.63) is 29.8 Å². The molecule has 0 saturated carbocycles. The van der Waals surface area contributed by atoms with E-state index in [-0.39, 0.29) is 11.6 Å². The van der Waals surface area contributed by atoms with Crippen LogP contribution in [0.1, 0.15) is 0 Å². The van der Waals surface area contributed by atoms with Crippen LogP contribution in [0, 0.1) is 11.6 Å². The lowest BCUT2D eigenvalue weighted by molar-refractivity contribution is 0.511. The number of nitrogens with one attached hydrogen (secondary N) is 2. The molecule has 2 aromatic rings. The summed E-state index contributed by atoms with van der Waals surface area (Å²) in [6.45, 7) is 0. The molecule has 0 radical (unpaired) electrons. The molecule has 0 bridgehead atoms. The minimum Gasteiger partial charge on any atom is -0.357 e. The predicted octanol–water partition coefficient (Wildman–Crippen LogP) is 2.00. The highest BCUT2D eigenvalue weighted by Crippen LogP contribution is 2.21. The van der Waals surface area contributed by atoms with Crippen molar-refractivity contribution < 1.29 is 8.78 Å². The summed E-state index contributed by atoms with van der Waals surface area (Å²) in [6, 6.07) is 3.84. The standard InChI is InChI=1S/C12H14F2N6/c1-15-10-17-11(19-12(18-10)20(2)3)16-8-6-4-5-7(13)9(8)14/h4-6H,1-3H3,(H2,15,16,17,18,19). The molecule has 2 rings (SSSR count). The van der Waals surface area contributed by atoms with Crippen molar-refractivity contribution in [3.8, 4) is 0 Å². The van der Waals surface area contributed by atoms with Crippen molar-refractivity contribution in [2.24, 2.45) is 0 Å². The highest BCUT2D eigenvalue weighted by molar-refractivity contribution is 5.56. The van der Waals surface area contributed by atoms with Gasteiger partial charge in [-0.25, -0.2) is 8.78 Å². The van der Waals surface area contributed by atoms with Gasteiger partial charge in [-0.05, 0) is 12.1 Å². The third-order valence-electron chi connectivity index (χ3n) is 2.45. The molecule has 0 fully saturated rings. The SMILES string of the molecule is CNc1nc(Nc2cccc(F)c2F)nc(N(C)C)n1. The first kappa shape index (κ1) is 13.9. The Morgan fingerprint density at radius 3 is 2.40 bits per heavy atom. The van der Waals surface area contributed by atoms with E-state index in [4.69, 9.17) is 0 Å². The fraction of sp³-hybridized carbons (Fsp3) is 0.250. The Kier molecular flexibility index (Phi) is 3.92. The van der Waals surface area contributed by atoms with Crippen molar-refractivity contribution in [3.63, 3.8) is 0 Å². The van der Waals surface area contributed by atoms with Gasteiger partial charge >= 0.3 is 0 Å². The van der Waals surface area contributed by atoms with E-state index in [1.165, 1.54) is 12.1 Å². The summed E-state index contributed by atoms with van der Waals surface area (Å²) in [4.78, 5) is 13.9. The maximum Gasteiger partial charge on any atom is 0.233 e. The Labute approximate surface area is 114 Å². The fourth-order valence-corrected chi connectivity index (χ4v) is 1.45. The summed E-state index contributed by atoms with van der Waals surface area (Å²) >= 11 is 0. The zero-order chi connectivity index (χ0) is 14.7. The number of hydrogen-bond donors (Lipinski definition) is 2. The first-order chi connectivity index (χ1) is 9.51. The van der Waals surface area contributed by atoms with Crippen LogP contribution in [-0.2, 0) is 0 Å². The van der Waals surface area contributed by atoms with Crippen LogP contribution in [-0.4, -0.2) is 36.1 Å². The van der Waals surface area contributed by atoms with Crippen LogP contribution in [0.3, 0.4) is 0 Å². The van der Waals surface area contributed by atoms with Crippen molar-refractivity contribution in [2.75, 3.05) is 36.7 Å². The van der Waals surface area contributed by atoms with E-state index in [1.807, 2.05) is 0 Å². The minimum absolute atomic E-state index is 0.0389. The molecule has 8 heteroatoms. The van der Waals surface area contributed by atoms with E-state index >= 15 is 0 Å². The molecule has 0 atom stereocenters. The Morgan fingerprint density at radius 2 is 1.75 bits per heavy atom. The smallest absolute Gasteiger partial charge is 0.233 e. The average Bonchev–Trinajstić information content (AvgIpc) is 2.43. The zero-order valence-corrected chi connectivity index (χ0v) is 11.3. The van der Waals surface area contributed by atoms with E-state index in [0.29, 0.717) is 11.9 Å². The first-order valence-electron chi connectivity index (χ1n) is 5.83. The van der Waals surface area contributed by atoms with E-state index in [1.54, 1.807) is 26.0 Å². The summed E-state index contributed by atoms with van der Waals surface area (Å²) in [5.74, 6) is -1.08. The second kappa shape index (κ2) is 5.64. The summed E-state index contributed by atoms with van der Waals surface area (Å²) in [5, 5.41) is 5.42. The number of benzene rings is 1. The van der Waals surface area contributed by atoms with Crippen LogP contribution < -0.4 is 15.5 Å². The quantitative estimate of drug-likeness (QED) is 0.893. The fourth-order valence-electron chi connectivity index (χ4n) is 1.45. The van der Waals surface area contributed by atoms with Crippen LogP contribution in [0.4, 0.5) is 32.3 Å². The lowest BCUT2D eigenvalue weighted by Gasteiger charge is -2.13. The summed E-state index contributed by atoms with van der Waals surface area (Å²) < 4.78 is 26.7. The molecule has 0 aliphatic rings. The van der Waals surface area contributed by atoms with Crippen LogP contribution in [0.25, 0.3) is 0 Å². The Bertz CT molecular complexity index is 617. The average molecular weight is 280 g/mol. The number of hydrogen-bond acceptors (Lipinski definition) is 6. The summed E-state index contributed by atoms with van der Waals surface area (Å²) in [5.41, 5.74) is -0.0389. The normalized spacial score (nSPS) is 10.2. The van der Waals surface area contributed by atoms with E-state index in [9.17, 15) is 8.78 Å². The van der Waals surface area contributed by atoms with E-state index in [2.05, 4.69) is 25.6 Å². The van der Waals surface area contributed by atoms with Gasteiger partial charge in [0.2, 0.25) is 17.8 Å². The van der Waals surface area contributed by atoms with Gasteiger partial charge in [0.1, 0.15) is 0 Å². The number of rotatable bonds is 4. The van der Waals surface area contributed by atoms with Crippen LogP contribution in [0.5, 0.6) is 0 Å². The van der Waals surface area contributed by atoms with Gasteiger partial charge in [0.15, 0.2) is 11.6 Å². The molecule has 6 nitrogen and oxygen atoms in total. The van der Waals surface area contributed by atoms with Crippen molar-refractivity contribution in [2.45, 2.75) is 0 Å². The van der Waals surface area contributed by atoms with Crippen LogP contribution in [0.2, 0.25) is 0 Å². The first-order valence-corrected chi connectivity index (χ1v) is 5.83. The summed E-state index contributed by atoms with van der Waals surface area (Å²) in [6.07, 6.45) is 0. The molecule has 1 aromatic carbocycles. The molecular weight excluding hydrogens is 266 g/mol. The maximum absolute atomic E-state index is 13.6. The molecule has 1 aromatic heterocycles. The Hall–Kier alpha value is -2.51. The third-order valence-corrected chi connectivity index (χ3v) is 2.45. The van der Waals surface area contributed by atoms with Crippen molar-refractivity contribution in [1.82, 2.24) is 15.0 Å². The molecular formula is C12H14F2N6. The number of halogens is 2. The van der Waals surface area contributed by atoms with Gasteiger partial charge in [0.05, 0.1) is 5.69 Å². The summed E-state index contributed by atoms with van der Waals surface area (Å²) in [7, 11) is 5.18. The number of aromatic nitrogens is 3. The molecule has 0 unspecified atom stereocenters. The molecule has 1 heterocycles. The van der Waals surface area contributed by atoms with Gasteiger partial charge in [-0.2, -0.15) is 15.0 Å². The Morgan fingerprint density at radius 1 is 1.05 bits per heavy atom. The van der Waals surface area contributed by atoms with Crippen molar-refractivity contribution in [1.29, 1.82) is 0 Å². The lowest BCUT2D eigenvalue weighted by atomic mass is 10.3. The van der Waals surface area contributed by atoms with Gasteiger partial charge < -0.3 is 15.5 Å². The largest absolute Gasteiger partial charge is 0.357 e. The van der Waals surface area contributed by atoms with Gasteiger partial charge in [-0.15, -0.1) is 0 Å². The topological polar surface area (TPSA) is 66.0 Å². The number of anilines is 4. The second-order valence-electron chi connectivity index (χ2n) is 4.15. The van der Waals surface area contributed by atoms with Gasteiger partial charge in [0.25, 0.3) is 0 Å². The highest BCUT2D eigenvalue weighted by Gasteiger charge is 2.11. The molecule has 0 spiro atoms. The number of nitrogens with zero attached hydrogens (tertiary/aromatic N) is 4. The predicted molar refractivity (Wildman–Crippen MR) is 73.3 cm³/mol. The lowest BCUT2D eigenvalue weighted by Crippen LogP contribution is -2.16. The molecule has 0 saturated heterocycles. The Balaban J connectivity index is 2.37. The van der Waals surface area contributed by atoms with Crippen LogP contribution >= 0.6 is 0 Å². The monoisotopic (exact) mass is 280 g/mol. The zero-order valence-electron chi connectivity index (χ0n) is 11.3.